The highest BCUT2D eigenvalue weighted by Crippen LogP contribution is 2.44. The molecule has 5 heteroatoms. The Hall–Kier alpha value is -1.23. The van der Waals surface area contributed by atoms with Gasteiger partial charge >= 0.3 is 0 Å². The minimum atomic E-state index is 0.311. The van der Waals surface area contributed by atoms with Gasteiger partial charge < -0.3 is 11.1 Å². The summed E-state index contributed by atoms with van der Waals surface area (Å²) in [4.78, 5) is 8.90. The van der Waals surface area contributed by atoms with Gasteiger partial charge in [0.1, 0.15) is 10.7 Å². The minimum absolute atomic E-state index is 0.311. The number of hydrogen-bond donors (Lipinski definition) is 2. The number of nitrogens with zero attached hydrogens (tertiary/aromatic N) is 2. The fourth-order valence-electron chi connectivity index (χ4n) is 1.46. The zero-order valence-corrected chi connectivity index (χ0v) is 10.4. The second-order valence-corrected chi connectivity index (χ2v) is 5.19. The quantitative estimate of drug-likeness (QED) is 0.778. The largest absolute Gasteiger partial charge is 0.388 e. The summed E-state index contributed by atoms with van der Waals surface area (Å²) in [5.74, 6) is 0.621. The van der Waals surface area contributed by atoms with E-state index < -0.39 is 0 Å². The van der Waals surface area contributed by atoms with E-state index in [9.17, 15) is 0 Å². The third-order valence-electron chi connectivity index (χ3n) is 2.88. The van der Waals surface area contributed by atoms with Crippen molar-refractivity contribution in [2.45, 2.75) is 26.7 Å². The van der Waals surface area contributed by atoms with Crippen molar-refractivity contribution in [1.29, 1.82) is 0 Å². The smallest absolute Gasteiger partial charge is 0.223 e. The molecule has 1 saturated carbocycles. The Bertz CT molecular complexity index is 426. The topological polar surface area (TPSA) is 63.8 Å². The van der Waals surface area contributed by atoms with Gasteiger partial charge in [-0.2, -0.15) is 0 Å². The highest BCUT2D eigenvalue weighted by atomic mass is 32.1. The number of rotatable bonds is 4. The molecule has 16 heavy (non-hydrogen) atoms. The average molecular weight is 236 g/mol. The van der Waals surface area contributed by atoms with Crippen LogP contribution in [-0.4, -0.2) is 21.5 Å². The van der Waals surface area contributed by atoms with Gasteiger partial charge in [0.15, 0.2) is 0 Å². The second kappa shape index (κ2) is 3.97. The Morgan fingerprint density at radius 3 is 2.81 bits per heavy atom. The van der Waals surface area contributed by atoms with Crippen LogP contribution in [0.4, 0.5) is 5.95 Å². The Balaban J connectivity index is 2.10. The molecule has 1 aliphatic carbocycles. The summed E-state index contributed by atoms with van der Waals surface area (Å²) in [7, 11) is 0. The van der Waals surface area contributed by atoms with Gasteiger partial charge in [0.25, 0.3) is 0 Å². The van der Waals surface area contributed by atoms with E-state index >= 15 is 0 Å². The first-order chi connectivity index (χ1) is 7.48. The summed E-state index contributed by atoms with van der Waals surface area (Å²) in [5.41, 5.74) is 7.49. The van der Waals surface area contributed by atoms with Crippen molar-refractivity contribution >= 4 is 23.2 Å². The van der Waals surface area contributed by atoms with E-state index in [1.165, 1.54) is 12.8 Å². The lowest BCUT2D eigenvalue weighted by atomic mass is 10.1. The van der Waals surface area contributed by atoms with Crippen LogP contribution in [-0.2, 0) is 0 Å². The molecule has 1 heterocycles. The van der Waals surface area contributed by atoms with Gasteiger partial charge in [-0.3, -0.25) is 0 Å². The molecule has 0 atom stereocenters. The molecule has 0 bridgehead atoms. The number of nitrogens with two attached hydrogens (primary N) is 1. The Labute approximate surface area is 101 Å². The molecule has 1 aromatic heterocycles. The molecule has 1 fully saturated rings. The number of hydrogen-bond acceptors (Lipinski definition) is 4. The van der Waals surface area contributed by atoms with E-state index in [-0.39, 0.29) is 0 Å². The van der Waals surface area contributed by atoms with E-state index in [1.54, 1.807) is 6.07 Å². The molecule has 1 aliphatic rings. The number of aryl methyl sites for hydroxylation is 1. The van der Waals surface area contributed by atoms with Gasteiger partial charge in [-0.05, 0) is 31.2 Å². The van der Waals surface area contributed by atoms with Crippen LogP contribution >= 0.6 is 12.2 Å². The summed E-state index contributed by atoms with van der Waals surface area (Å²) in [6.45, 7) is 5.07. The zero-order valence-electron chi connectivity index (χ0n) is 9.58. The SMILES string of the molecule is Cc1cc(C(N)=S)nc(NCC2(C)CC2)n1. The number of anilines is 1. The van der Waals surface area contributed by atoms with Crippen LogP contribution in [0.5, 0.6) is 0 Å². The molecule has 2 rings (SSSR count). The first-order valence-electron chi connectivity index (χ1n) is 5.38. The Morgan fingerprint density at radius 1 is 1.56 bits per heavy atom. The van der Waals surface area contributed by atoms with Crippen LogP contribution in [0, 0.1) is 12.3 Å². The van der Waals surface area contributed by atoms with Crippen LogP contribution < -0.4 is 11.1 Å². The lowest BCUT2D eigenvalue weighted by Gasteiger charge is -2.11. The van der Waals surface area contributed by atoms with E-state index in [0.29, 0.717) is 22.0 Å². The minimum Gasteiger partial charge on any atom is -0.388 e. The van der Waals surface area contributed by atoms with E-state index in [4.69, 9.17) is 18.0 Å². The van der Waals surface area contributed by atoms with Crippen molar-refractivity contribution in [3.63, 3.8) is 0 Å². The van der Waals surface area contributed by atoms with E-state index in [1.807, 2.05) is 6.92 Å². The standard InChI is InChI=1S/C11H16N4S/c1-7-5-8(9(12)16)15-10(14-7)13-6-11(2)3-4-11/h5H,3-4,6H2,1-2H3,(H2,12,16)(H,13,14,15). The van der Waals surface area contributed by atoms with Gasteiger partial charge in [0.05, 0.1) is 0 Å². The van der Waals surface area contributed by atoms with Crippen LogP contribution in [0.1, 0.15) is 31.2 Å². The number of aromatic nitrogens is 2. The first-order valence-corrected chi connectivity index (χ1v) is 5.79. The van der Waals surface area contributed by atoms with E-state index in [0.717, 1.165) is 12.2 Å². The fourth-order valence-corrected chi connectivity index (χ4v) is 1.56. The predicted molar refractivity (Wildman–Crippen MR) is 68.5 cm³/mol. The Morgan fingerprint density at radius 2 is 2.25 bits per heavy atom. The maximum absolute atomic E-state index is 5.56. The molecule has 0 aliphatic heterocycles. The van der Waals surface area contributed by atoms with Crippen molar-refractivity contribution in [2.75, 3.05) is 11.9 Å². The highest BCUT2D eigenvalue weighted by Gasteiger charge is 2.36. The van der Waals surface area contributed by atoms with Crippen LogP contribution in [0.15, 0.2) is 6.07 Å². The third-order valence-corrected chi connectivity index (χ3v) is 3.09. The summed E-state index contributed by atoms with van der Waals surface area (Å²) in [6.07, 6.45) is 2.54. The molecular weight excluding hydrogens is 220 g/mol. The van der Waals surface area contributed by atoms with Crippen molar-refractivity contribution in [2.24, 2.45) is 11.1 Å². The van der Waals surface area contributed by atoms with Gasteiger partial charge in [-0.25, -0.2) is 9.97 Å². The lowest BCUT2D eigenvalue weighted by molar-refractivity contribution is 0.607. The molecule has 86 valence electrons. The molecule has 0 unspecified atom stereocenters. The number of nitrogens with one attached hydrogen (secondary N) is 1. The average Bonchev–Trinajstić information content (AvgIpc) is 2.94. The van der Waals surface area contributed by atoms with E-state index in [2.05, 4.69) is 22.2 Å². The fraction of sp³-hybridized carbons (Fsp3) is 0.545. The highest BCUT2D eigenvalue weighted by molar-refractivity contribution is 7.80. The predicted octanol–water partition coefficient (Wildman–Crippen LogP) is 1.63. The number of thiocarbonyl (C=S) groups is 1. The molecule has 0 amide bonds. The van der Waals surface area contributed by atoms with Crippen LogP contribution in [0.2, 0.25) is 0 Å². The maximum Gasteiger partial charge on any atom is 0.223 e. The summed E-state index contributed by atoms with van der Waals surface area (Å²) in [6, 6.07) is 1.80. The van der Waals surface area contributed by atoms with Crippen molar-refractivity contribution < 1.29 is 0 Å². The molecule has 0 spiro atoms. The molecule has 0 saturated heterocycles. The Kier molecular flexibility index (Phi) is 2.80. The first kappa shape index (κ1) is 11.3. The summed E-state index contributed by atoms with van der Waals surface area (Å²) < 4.78 is 0. The maximum atomic E-state index is 5.56. The second-order valence-electron chi connectivity index (χ2n) is 4.75. The molecular formula is C11H16N4S. The van der Waals surface area contributed by atoms with Gasteiger partial charge in [-0.1, -0.05) is 19.1 Å². The summed E-state index contributed by atoms with van der Waals surface area (Å²) >= 11 is 4.91. The molecule has 1 aromatic rings. The van der Waals surface area contributed by atoms with Crippen molar-refractivity contribution in [3.05, 3.63) is 17.5 Å². The molecule has 0 radical (unpaired) electrons. The third kappa shape index (κ3) is 2.66. The van der Waals surface area contributed by atoms with Gasteiger partial charge in [0.2, 0.25) is 5.95 Å². The monoisotopic (exact) mass is 236 g/mol. The normalized spacial score (nSPS) is 16.9. The van der Waals surface area contributed by atoms with Gasteiger partial charge in [0, 0.05) is 12.2 Å². The van der Waals surface area contributed by atoms with Crippen molar-refractivity contribution in [1.82, 2.24) is 9.97 Å². The molecule has 4 nitrogen and oxygen atoms in total. The summed E-state index contributed by atoms with van der Waals surface area (Å²) in [5, 5.41) is 3.25. The van der Waals surface area contributed by atoms with Crippen LogP contribution in [0.25, 0.3) is 0 Å². The molecule has 0 aromatic carbocycles. The zero-order chi connectivity index (χ0) is 11.8. The van der Waals surface area contributed by atoms with Gasteiger partial charge in [-0.15, -0.1) is 0 Å². The van der Waals surface area contributed by atoms with Crippen LogP contribution in [0.3, 0.4) is 0 Å². The molecule has 3 N–H and O–H groups in total. The lowest BCUT2D eigenvalue weighted by Crippen LogP contribution is -2.17. The van der Waals surface area contributed by atoms with Crippen molar-refractivity contribution in [3.8, 4) is 0 Å².